The minimum atomic E-state index is -3.18. The van der Waals surface area contributed by atoms with Crippen molar-refractivity contribution in [3.63, 3.8) is 0 Å². The van der Waals surface area contributed by atoms with Crippen molar-refractivity contribution in [1.29, 1.82) is 0 Å². The predicted octanol–water partition coefficient (Wildman–Crippen LogP) is 1.15. The van der Waals surface area contributed by atoms with E-state index in [1.54, 1.807) is 0 Å². The zero-order valence-electron chi connectivity index (χ0n) is 7.64. The smallest absolute Gasteiger partial charge is 0.266 e. The summed E-state index contributed by atoms with van der Waals surface area (Å²) in [6, 6.07) is 0. The number of rotatable bonds is 0. The number of hydrogen-bond acceptors (Lipinski definition) is 3. The summed E-state index contributed by atoms with van der Waals surface area (Å²) in [6.45, 7) is 2.22. The lowest BCUT2D eigenvalue weighted by atomic mass is 9.79. The molecule has 0 aromatic rings. The maximum atomic E-state index is 11.5. The van der Waals surface area contributed by atoms with Crippen LogP contribution in [0.3, 0.4) is 0 Å². The molecule has 0 spiro atoms. The molecule has 5 unspecified atom stereocenters. The van der Waals surface area contributed by atoms with E-state index in [0.717, 1.165) is 19.3 Å². The average molecular weight is 202 g/mol. The minimum absolute atomic E-state index is 0.0174. The van der Waals surface area contributed by atoms with Crippen molar-refractivity contribution in [3.05, 3.63) is 0 Å². The van der Waals surface area contributed by atoms with Gasteiger partial charge in [0.05, 0.1) is 11.4 Å². The molecule has 1 aliphatic heterocycles. The Balaban J connectivity index is 2.03. The van der Waals surface area contributed by atoms with Crippen LogP contribution in [0, 0.1) is 17.8 Å². The standard InChI is InChI=1S/C9H14O3S/c1-5-2-8-7-3-6(5)4-9(7)13(10,11)12-8/h5-9H,2-4H2,1H3. The second kappa shape index (κ2) is 2.28. The van der Waals surface area contributed by atoms with Crippen LogP contribution in [0.1, 0.15) is 26.2 Å². The quantitative estimate of drug-likeness (QED) is 0.553. The molecule has 0 amide bonds. The van der Waals surface area contributed by atoms with Crippen LogP contribution in [0.25, 0.3) is 0 Å². The van der Waals surface area contributed by atoms with E-state index in [1.807, 2.05) is 0 Å². The molecule has 2 bridgehead atoms. The van der Waals surface area contributed by atoms with E-state index in [0.29, 0.717) is 17.8 Å². The van der Waals surface area contributed by atoms with Gasteiger partial charge in [-0.2, -0.15) is 8.42 Å². The number of hydrogen-bond donors (Lipinski definition) is 0. The van der Waals surface area contributed by atoms with Crippen LogP contribution in [0.15, 0.2) is 0 Å². The third kappa shape index (κ3) is 0.960. The summed E-state index contributed by atoms with van der Waals surface area (Å²) in [4.78, 5) is 0. The van der Waals surface area contributed by atoms with Crippen molar-refractivity contribution in [2.45, 2.75) is 37.5 Å². The van der Waals surface area contributed by atoms with E-state index in [9.17, 15) is 8.42 Å². The Morgan fingerprint density at radius 3 is 2.77 bits per heavy atom. The van der Waals surface area contributed by atoms with E-state index in [4.69, 9.17) is 4.18 Å². The maximum Gasteiger partial charge on any atom is 0.270 e. The zero-order chi connectivity index (χ0) is 9.22. The van der Waals surface area contributed by atoms with Crippen molar-refractivity contribution in [3.8, 4) is 0 Å². The van der Waals surface area contributed by atoms with Crippen LogP contribution in [-0.4, -0.2) is 19.8 Å². The molecule has 1 saturated heterocycles. The fraction of sp³-hybridized carbons (Fsp3) is 1.00. The summed E-state index contributed by atoms with van der Waals surface area (Å²) in [6.07, 6.45) is 2.90. The third-order valence-corrected chi connectivity index (χ3v) is 5.90. The molecule has 2 saturated carbocycles. The van der Waals surface area contributed by atoms with E-state index in [2.05, 4.69) is 6.92 Å². The van der Waals surface area contributed by atoms with Crippen molar-refractivity contribution < 1.29 is 12.6 Å². The highest BCUT2D eigenvalue weighted by Crippen LogP contribution is 2.53. The lowest BCUT2D eigenvalue weighted by Gasteiger charge is -2.29. The largest absolute Gasteiger partial charge is 0.270 e. The molecular formula is C9H14O3S. The summed E-state index contributed by atoms with van der Waals surface area (Å²) >= 11 is 0. The van der Waals surface area contributed by atoms with Crippen molar-refractivity contribution in [2.75, 3.05) is 0 Å². The molecular weight excluding hydrogens is 188 g/mol. The monoisotopic (exact) mass is 202 g/mol. The number of fused-ring (bicyclic) bond motifs is 1. The van der Waals surface area contributed by atoms with Crippen molar-refractivity contribution in [1.82, 2.24) is 0 Å². The molecule has 0 N–H and O–H groups in total. The molecule has 2 aliphatic carbocycles. The zero-order valence-corrected chi connectivity index (χ0v) is 8.46. The van der Waals surface area contributed by atoms with E-state index in [1.165, 1.54) is 0 Å². The normalized spacial score (nSPS) is 56.8. The molecule has 0 aromatic heterocycles. The van der Waals surface area contributed by atoms with E-state index < -0.39 is 10.1 Å². The first-order valence-corrected chi connectivity index (χ1v) is 6.47. The second-order valence-electron chi connectivity index (χ2n) is 4.77. The summed E-state index contributed by atoms with van der Waals surface area (Å²) in [5, 5.41) is -0.160. The van der Waals surface area contributed by atoms with Crippen molar-refractivity contribution in [2.24, 2.45) is 17.8 Å². The van der Waals surface area contributed by atoms with E-state index >= 15 is 0 Å². The van der Waals surface area contributed by atoms with Crippen molar-refractivity contribution >= 4 is 10.1 Å². The molecule has 3 nitrogen and oxygen atoms in total. The minimum Gasteiger partial charge on any atom is -0.266 e. The molecule has 5 atom stereocenters. The van der Waals surface area contributed by atoms with Crippen LogP contribution < -0.4 is 0 Å². The third-order valence-electron chi connectivity index (χ3n) is 4.10. The van der Waals surface area contributed by atoms with Crippen LogP contribution in [0.4, 0.5) is 0 Å². The molecule has 0 aromatic carbocycles. The second-order valence-corrected chi connectivity index (χ2v) is 6.56. The molecule has 4 heteroatoms. The summed E-state index contributed by atoms with van der Waals surface area (Å²) in [5.74, 6) is 1.62. The Morgan fingerprint density at radius 2 is 2.00 bits per heavy atom. The first kappa shape index (κ1) is 8.24. The molecule has 74 valence electrons. The summed E-state index contributed by atoms with van der Waals surface area (Å²) in [5.41, 5.74) is 0. The Kier molecular flexibility index (Phi) is 1.45. The van der Waals surface area contributed by atoms with Gasteiger partial charge in [0.15, 0.2) is 0 Å². The van der Waals surface area contributed by atoms with Gasteiger partial charge in [0.1, 0.15) is 0 Å². The van der Waals surface area contributed by atoms with Gasteiger partial charge in [0.2, 0.25) is 0 Å². The summed E-state index contributed by atoms with van der Waals surface area (Å²) in [7, 11) is -3.18. The van der Waals surface area contributed by atoms with Gasteiger partial charge in [-0.25, -0.2) is 0 Å². The van der Waals surface area contributed by atoms with Crippen LogP contribution in [0.2, 0.25) is 0 Å². The maximum absolute atomic E-state index is 11.5. The van der Waals surface area contributed by atoms with Gasteiger partial charge < -0.3 is 0 Å². The highest BCUT2D eigenvalue weighted by molar-refractivity contribution is 7.87. The van der Waals surface area contributed by atoms with Crippen LogP contribution >= 0.6 is 0 Å². The summed E-state index contributed by atoms with van der Waals surface area (Å²) < 4.78 is 28.2. The lowest BCUT2D eigenvalue weighted by molar-refractivity contribution is 0.101. The predicted molar refractivity (Wildman–Crippen MR) is 47.6 cm³/mol. The van der Waals surface area contributed by atoms with Gasteiger partial charge in [0.25, 0.3) is 10.1 Å². The van der Waals surface area contributed by atoms with Gasteiger partial charge in [-0.15, -0.1) is 0 Å². The molecule has 0 radical (unpaired) electrons. The molecule has 3 rings (SSSR count). The average Bonchev–Trinajstić information content (AvgIpc) is 2.49. The first-order chi connectivity index (χ1) is 6.08. The molecule has 3 aliphatic rings. The topological polar surface area (TPSA) is 43.4 Å². The first-order valence-electron chi connectivity index (χ1n) is 5.00. The SMILES string of the molecule is CC1CC2OS(=O)(=O)C3CC1CC23. The van der Waals surface area contributed by atoms with Gasteiger partial charge in [-0.3, -0.25) is 4.18 Å². The lowest BCUT2D eigenvalue weighted by Crippen LogP contribution is -2.27. The van der Waals surface area contributed by atoms with Gasteiger partial charge in [-0.05, 0) is 31.1 Å². The van der Waals surface area contributed by atoms with Crippen LogP contribution in [0.5, 0.6) is 0 Å². The fourth-order valence-electron chi connectivity index (χ4n) is 3.35. The van der Waals surface area contributed by atoms with E-state index in [-0.39, 0.29) is 11.4 Å². The Labute approximate surface area is 78.6 Å². The van der Waals surface area contributed by atoms with Gasteiger partial charge >= 0.3 is 0 Å². The fourth-order valence-corrected chi connectivity index (χ4v) is 5.25. The van der Waals surface area contributed by atoms with Gasteiger partial charge in [0, 0.05) is 5.92 Å². The molecule has 1 heterocycles. The van der Waals surface area contributed by atoms with Crippen LogP contribution in [-0.2, 0) is 14.3 Å². The highest BCUT2D eigenvalue weighted by Gasteiger charge is 2.57. The Morgan fingerprint density at radius 1 is 1.23 bits per heavy atom. The molecule has 13 heavy (non-hydrogen) atoms. The molecule has 3 fully saturated rings. The Hall–Kier alpha value is -0.0900. The van der Waals surface area contributed by atoms with Gasteiger partial charge in [-0.1, -0.05) is 6.92 Å². The highest BCUT2D eigenvalue weighted by atomic mass is 32.2. The Bertz CT molecular complexity index is 335.